The zero-order valence-corrected chi connectivity index (χ0v) is 25.0. The van der Waals surface area contributed by atoms with Crippen LogP contribution in [0.4, 0.5) is 0 Å². The Morgan fingerprint density at radius 2 is 1.49 bits per heavy atom. The van der Waals surface area contributed by atoms with Crippen molar-refractivity contribution in [2.24, 2.45) is 13.0 Å². The summed E-state index contributed by atoms with van der Waals surface area (Å²) in [4.78, 5) is 26.6. The summed E-state index contributed by atoms with van der Waals surface area (Å²) < 4.78 is 42.1. The maximum atomic E-state index is 14.4. The minimum absolute atomic E-state index is 0.0347. The minimum atomic E-state index is -4.23. The fourth-order valence-electron chi connectivity index (χ4n) is 5.84. The number of methoxy groups -OCH3 is 2. The van der Waals surface area contributed by atoms with Crippen LogP contribution in [0.15, 0.2) is 71.6 Å². The van der Waals surface area contributed by atoms with Crippen molar-refractivity contribution in [3.05, 3.63) is 99.7 Å². The number of fused-ring (bicyclic) bond motifs is 3. The van der Waals surface area contributed by atoms with Crippen LogP contribution in [0.5, 0.6) is 0 Å². The number of halogens is 1. The van der Waals surface area contributed by atoms with Crippen molar-refractivity contribution in [1.29, 1.82) is 0 Å². The SMILES string of the molecule is COC(=O)C(C(=O)OC)[C@H]1c2c(c3cc(C)ccc3n2C)[C@@H](c2ccc(Cl)cc2)CN1S(=O)(=O)c1ccc(C)cc1. The molecule has 0 saturated carbocycles. The van der Waals surface area contributed by atoms with Crippen LogP contribution in [-0.2, 0) is 36.1 Å². The monoisotopic (exact) mass is 594 g/mol. The normalized spacial score (nSPS) is 17.4. The predicted octanol–water partition coefficient (Wildman–Crippen LogP) is 5.29. The van der Waals surface area contributed by atoms with Gasteiger partial charge in [0.15, 0.2) is 5.92 Å². The molecular weight excluding hydrogens is 564 g/mol. The molecule has 5 rings (SSSR count). The van der Waals surface area contributed by atoms with Crippen LogP contribution in [0.3, 0.4) is 0 Å². The third-order valence-corrected chi connectivity index (χ3v) is 9.98. The standard InChI is InChI=1S/C31H31ClN2O6S/c1-18-6-13-22(14-7-18)41(37,38)34-17-24(20-9-11-21(32)12-10-20)26-23-16-19(2)8-15-25(23)33(3)28(26)29(34)27(30(35)39-4)31(36)40-5/h6-16,24,27,29H,17H2,1-5H3/t24-,29+/m1/s1. The molecular formula is C31H31ClN2O6S. The molecule has 1 aromatic heterocycles. The molecule has 0 radical (unpaired) electrons. The van der Waals surface area contributed by atoms with Gasteiger partial charge in [0, 0.05) is 41.1 Å². The molecule has 1 aliphatic heterocycles. The van der Waals surface area contributed by atoms with Crippen molar-refractivity contribution in [3.63, 3.8) is 0 Å². The van der Waals surface area contributed by atoms with Gasteiger partial charge in [-0.3, -0.25) is 9.59 Å². The Balaban J connectivity index is 1.88. The van der Waals surface area contributed by atoms with Gasteiger partial charge in [-0.05, 0) is 61.4 Å². The van der Waals surface area contributed by atoms with Gasteiger partial charge in [0.05, 0.1) is 25.2 Å². The summed E-state index contributed by atoms with van der Waals surface area (Å²) in [6.45, 7) is 3.81. The van der Waals surface area contributed by atoms with Gasteiger partial charge in [0.25, 0.3) is 0 Å². The van der Waals surface area contributed by atoms with Gasteiger partial charge in [0.2, 0.25) is 10.0 Å². The van der Waals surface area contributed by atoms with Crippen LogP contribution in [0, 0.1) is 19.8 Å². The number of hydrogen-bond donors (Lipinski definition) is 0. The third kappa shape index (κ3) is 4.92. The van der Waals surface area contributed by atoms with Crippen molar-refractivity contribution in [2.75, 3.05) is 20.8 Å². The molecule has 10 heteroatoms. The van der Waals surface area contributed by atoms with E-state index < -0.39 is 39.8 Å². The van der Waals surface area contributed by atoms with Gasteiger partial charge in [-0.2, -0.15) is 4.31 Å². The number of sulfonamides is 1. The fraction of sp³-hybridized carbons (Fsp3) is 0.290. The van der Waals surface area contributed by atoms with Gasteiger partial charge in [-0.15, -0.1) is 0 Å². The number of esters is 2. The minimum Gasteiger partial charge on any atom is -0.468 e. The number of rotatable bonds is 6. The first-order chi connectivity index (χ1) is 19.5. The average molecular weight is 595 g/mol. The van der Waals surface area contributed by atoms with Crippen LogP contribution in [0.2, 0.25) is 5.02 Å². The highest BCUT2D eigenvalue weighted by Crippen LogP contribution is 2.49. The van der Waals surface area contributed by atoms with E-state index in [2.05, 4.69) is 0 Å². The van der Waals surface area contributed by atoms with E-state index in [1.165, 1.54) is 30.7 Å². The van der Waals surface area contributed by atoms with E-state index in [-0.39, 0.29) is 11.4 Å². The van der Waals surface area contributed by atoms with Gasteiger partial charge in [-0.25, -0.2) is 8.42 Å². The molecule has 8 nitrogen and oxygen atoms in total. The summed E-state index contributed by atoms with van der Waals surface area (Å²) in [5.74, 6) is -3.77. The number of benzene rings is 3. The van der Waals surface area contributed by atoms with Crippen LogP contribution in [0.1, 0.15) is 39.9 Å². The fourth-order valence-corrected chi connectivity index (χ4v) is 7.59. The molecule has 0 fully saturated rings. The molecule has 2 heterocycles. The predicted molar refractivity (Wildman–Crippen MR) is 156 cm³/mol. The van der Waals surface area contributed by atoms with E-state index in [1.807, 2.05) is 55.8 Å². The highest BCUT2D eigenvalue weighted by atomic mass is 35.5. The number of nitrogens with zero attached hydrogens (tertiary/aromatic N) is 2. The highest BCUT2D eigenvalue weighted by molar-refractivity contribution is 7.89. The molecule has 3 aromatic carbocycles. The first kappa shape index (κ1) is 28.9. The van der Waals surface area contributed by atoms with Gasteiger partial charge in [0.1, 0.15) is 0 Å². The number of aryl methyl sites for hydroxylation is 3. The molecule has 214 valence electrons. The van der Waals surface area contributed by atoms with Gasteiger partial charge < -0.3 is 14.0 Å². The topological polar surface area (TPSA) is 94.9 Å². The van der Waals surface area contributed by atoms with E-state index >= 15 is 0 Å². The molecule has 4 aromatic rings. The third-order valence-electron chi connectivity index (χ3n) is 7.87. The lowest BCUT2D eigenvalue weighted by atomic mass is 9.81. The smallest absolute Gasteiger partial charge is 0.322 e. The van der Waals surface area contributed by atoms with Crippen molar-refractivity contribution in [2.45, 2.75) is 30.7 Å². The summed E-state index contributed by atoms with van der Waals surface area (Å²) in [7, 11) is -0.0790. The van der Waals surface area contributed by atoms with Crippen molar-refractivity contribution < 1.29 is 27.5 Å². The highest BCUT2D eigenvalue weighted by Gasteiger charge is 2.52. The molecule has 0 bridgehead atoms. The number of ether oxygens (including phenoxy) is 2. The van der Waals surface area contributed by atoms with E-state index in [9.17, 15) is 18.0 Å². The number of hydrogen-bond acceptors (Lipinski definition) is 6. The summed E-state index contributed by atoms with van der Waals surface area (Å²) in [6.07, 6.45) is 0. The lowest BCUT2D eigenvalue weighted by molar-refractivity contribution is -0.161. The summed E-state index contributed by atoms with van der Waals surface area (Å²) in [5, 5.41) is 1.46. The zero-order valence-electron chi connectivity index (χ0n) is 23.4. The first-order valence-corrected chi connectivity index (χ1v) is 14.9. The Hall–Kier alpha value is -3.66. The first-order valence-electron chi connectivity index (χ1n) is 13.1. The van der Waals surface area contributed by atoms with E-state index in [1.54, 1.807) is 24.3 Å². The van der Waals surface area contributed by atoms with Crippen LogP contribution >= 0.6 is 11.6 Å². The molecule has 2 atom stereocenters. The largest absolute Gasteiger partial charge is 0.468 e. The second-order valence-corrected chi connectivity index (χ2v) is 12.7. The quantitative estimate of drug-likeness (QED) is 0.222. The second-order valence-electron chi connectivity index (χ2n) is 10.3. The molecule has 1 aliphatic rings. The van der Waals surface area contributed by atoms with E-state index in [0.717, 1.165) is 33.2 Å². The Morgan fingerprint density at radius 1 is 0.902 bits per heavy atom. The lowest BCUT2D eigenvalue weighted by Gasteiger charge is -2.41. The van der Waals surface area contributed by atoms with E-state index in [0.29, 0.717) is 10.7 Å². The van der Waals surface area contributed by atoms with Crippen LogP contribution in [0.25, 0.3) is 10.9 Å². The van der Waals surface area contributed by atoms with E-state index in [4.69, 9.17) is 21.1 Å². The summed E-state index contributed by atoms with van der Waals surface area (Å²) in [5.41, 5.74) is 4.96. The molecule has 0 spiro atoms. The average Bonchev–Trinajstić information content (AvgIpc) is 3.25. The molecule has 0 N–H and O–H groups in total. The summed E-state index contributed by atoms with van der Waals surface area (Å²) in [6, 6.07) is 18.5. The molecule has 0 aliphatic carbocycles. The Morgan fingerprint density at radius 3 is 2.07 bits per heavy atom. The number of carbonyl (C=O) groups is 2. The number of carbonyl (C=O) groups excluding carboxylic acids is 2. The van der Waals surface area contributed by atoms with Crippen LogP contribution in [-0.4, -0.2) is 50.0 Å². The Kier molecular flexibility index (Phi) is 7.72. The lowest BCUT2D eigenvalue weighted by Crippen LogP contribution is -2.49. The van der Waals surface area contributed by atoms with Crippen molar-refractivity contribution in [3.8, 4) is 0 Å². The zero-order chi connectivity index (χ0) is 29.6. The van der Waals surface area contributed by atoms with Gasteiger partial charge in [-0.1, -0.05) is 53.1 Å². The van der Waals surface area contributed by atoms with Gasteiger partial charge >= 0.3 is 11.9 Å². The second kappa shape index (κ2) is 11.0. The Bertz CT molecular complexity index is 1730. The van der Waals surface area contributed by atoms with Crippen LogP contribution < -0.4 is 0 Å². The molecule has 0 unspecified atom stereocenters. The number of aromatic nitrogens is 1. The van der Waals surface area contributed by atoms with Crippen molar-refractivity contribution >= 4 is 44.5 Å². The molecule has 0 saturated heterocycles. The van der Waals surface area contributed by atoms with Crippen molar-refractivity contribution in [1.82, 2.24) is 8.87 Å². The maximum absolute atomic E-state index is 14.4. The molecule has 41 heavy (non-hydrogen) atoms. The molecule has 0 amide bonds. The maximum Gasteiger partial charge on any atom is 0.322 e. The Labute approximate surface area is 244 Å². The summed E-state index contributed by atoms with van der Waals surface area (Å²) >= 11 is 6.22.